The Labute approximate surface area is 152 Å². The van der Waals surface area contributed by atoms with E-state index in [1.54, 1.807) is 32.5 Å². The van der Waals surface area contributed by atoms with Crippen LogP contribution < -0.4 is 19.3 Å². The summed E-state index contributed by atoms with van der Waals surface area (Å²) in [5, 5.41) is 11.1. The number of anilines is 1. The Morgan fingerprint density at radius 2 is 1.81 bits per heavy atom. The van der Waals surface area contributed by atoms with Crippen molar-refractivity contribution in [2.24, 2.45) is 0 Å². The van der Waals surface area contributed by atoms with E-state index in [2.05, 4.69) is 6.07 Å². The van der Waals surface area contributed by atoms with E-state index in [0.717, 1.165) is 22.4 Å². The number of nitriles is 1. The van der Waals surface area contributed by atoms with E-state index in [1.165, 1.54) is 6.08 Å². The van der Waals surface area contributed by atoms with Gasteiger partial charge in [0.05, 0.1) is 33.9 Å². The molecule has 2 aromatic carbocycles. The Kier molecular flexibility index (Phi) is 5.30. The number of allylic oxidation sites excluding steroid dienone is 1. The van der Waals surface area contributed by atoms with Crippen molar-refractivity contribution >= 4 is 11.3 Å². The average Bonchev–Trinajstić information content (AvgIpc) is 2.70. The molecular formula is C20H20N2O4. The summed E-state index contributed by atoms with van der Waals surface area (Å²) in [7, 11) is 4.82. The van der Waals surface area contributed by atoms with Crippen LogP contribution in [-0.4, -0.2) is 34.5 Å². The number of benzene rings is 2. The third-order valence-corrected chi connectivity index (χ3v) is 4.18. The maximum atomic E-state index is 9.28. The zero-order valence-corrected chi connectivity index (χ0v) is 15.0. The smallest absolute Gasteiger partial charge is 0.145 e. The van der Waals surface area contributed by atoms with Gasteiger partial charge in [-0.05, 0) is 41.0 Å². The molecule has 2 aromatic rings. The molecule has 6 heteroatoms. The molecule has 0 aromatic heterocycles. The second kappa shape index (κ2) is 7.81. The summed E-state index contributed by atoms with van der Waals surface area (Å²) in [6.45, 7) is 1.20. The first kappa shape index (κ1) is 17.6. The summed E-state index contributed by atoms with van der Waals surface area (Å²) >= 11 is 0. The second-order valence-corrected chi connectivity index (χ2v) is 5.60. The van der Waals surface area contributed by atoms with E-state index in [-0.39, 0.29) is 0 Å². The summed E-state index contributed by atoms with van der Waals surface area (Å²) in [5.41, 5.74) is 3.30. The quantitative estimate of drug-likeness (QED) is 0.769. The fraction of sp³-hybridized carbons (Fsp3) is 0.250. The van der Waals surface area contributed by atoms with Crippen molar-refractivity contribution in [2.75, 3.05) is 39.5 Å². The lowest BCUT2D eigenvalue weighted by atomic mass is 9.96. The van der Waals surface area contributed by atoms with E-state index < -0.39 is 0 Å². The molecule has 1 aliphatic rings. The number of rotatable bonds is 5. The highest BCUT2D eigenvalue weighted by Crippen LogP contribution is 2.37. The molecule has 134 valence electrons. The molecule has 0 bridgehead atoms. The van der Waals surface area contributed by atoms with Crippen LogP contribution in [0.1, 0.15) is 11.1 Å². The lowest BCUT2D eigenvalue weighted by molar-refractivity contribution is 0.136. The molecule has 0 amide bonds. The second-order valence-electron chi connectivity index (χ2n) is 5.60. The van der Waals surface area contributed by atoms with Crippen molar-refractivity contribution in [2.45, 2.75) is 0 Å². The lowest BCUT2D eigenvalue weighted by Gasteiger charge is -2.29. The molecule has 0 saturated heterocycles. The first-order chi connectivity index (χ1) is 12.7. The number of ether oxygens (including phenoxy) is 3. The number of hydrogen-bond donors (Lipinski definition) is 0. The molecule has 0 atom stereocenters. The first-order valence-electron chi connectivity index (χ1n) is 8.12. The van der Waals surface area contributed by atoms with Gasteiger partial charge in [0.2, 0.25) is 0 Å². The number of fused-ring (bicyclic) bond motifs is 1. The van der Waals surface area contributed by atoms with Crippen molar-refractivity contribution < 1.29 is 19.0 Å². The van der Waals surface area contributed by atoms with Gasteiger partial charge in [-0.3, -0.25) is 4.84 Å². The number of hydroxylamine groups is 1. The molecule has 6 nitrogen and oxygen atoms in total. The van der Waals surface area contributed by atoms with Gasteiger partial charge in [-0.2, -0.15) is 5.26 Å². The Morgan fingerprint density at radius 3 is 2.42 bits per heavy atom. The van der Waals surface area contributed by atoms with Crippen LogP contribution in [0.25, 0.3) is 5.57 Å². The number of hydrogen-bond acceptors (Lipinski definition) is 6. The molecule has 0 spiro atoms. The van der Waals surface area contributed by atoms with Crippen LogP contribution in [0.15, 0.2) is 42.5 Å². The molecule has 0 aliphatic carbocycles. The number of methoxy groups -OCH3 is 2. The van der Waals surface area contributed by atoms with Crippen molar-refractivity contribution in [1.82, 2.24) is 0 Å². The lowest BCUT2D eigenvalue weighted by Crippen LogP contribution is -2.31. The average molecular weight is 352 g/mol. The van der Waals surface area contributed by atoms with Gasteiger partial charge in [-0.15, -0.1) is 0 Å². The highest BCUT2D eigenvalue weighted by molar-refractivity contribution is 5.84. The molecular weight excluding hydrogens is 332 g/mol. The van der Waals surface area contributed by atoms with E-state index in [1.807, 2.05) is 30.3 Å². The molecule has 0 N–H and O–H groups in total. The highest BCUT2D eigenvalue weighted by Gasteiger charge is 2.19. The first-order valence-corrected chi connectivity index (χ1v) is 8.12. The molecule has 1 heterocycles. The molecule has 0 saturated carbocycles. The number of nitrogens with zero attached hydrogens (tertiary/aromatic N) is 2. The molecule has 1 aliphatic heterocycles. The third kappa shape index (κ3) is 3.44. The minimum atomic E-state index is 0.536. The fourth-order valence-corrected chi connectivity index (χ4v) is 2.91. The van der Waals surface area contributed by atoms with Gasteiger partial charge in [0, 0.05) is 12.1 Å². The van der Waals surface area contributed by atoms with Gasteiger partial charge >= 0.3 is 0 Å². The van der Waals surface area contributed by atoms with Gasteiger partial charge in [-0.1, -0.05) is 6.07 Å². The van der Waals surface area contributed by atoms with Crippen LogP contribution in [-0.2, 0) is 4.84 Å². The maximum absolute atomic E-state index is 9.28. The molecule has 0 radical (unpaired) electrons. The van der Waals surface area contributed by atoms with Crippen molar-refractivity contribution in [3.63, 3.8) is 0 Å². The Morgan fingerprint density at radius 1 is 1.08 bits per heavy atom. The van der Waals surface area contributed by atoms with Gasteiger partial charge < -0.3 is 14.2 Å². The summed E-state index contributed by atoms with van der Waals surface area (Å²) in [4.78, 5) is 5.36. The van der Waals surface area contributed by atoms with Crippen molar-refractivity contribution in [3.05, 3.63) is 53.6 Å². The summed E-state index contributed by atoms with van der Waals surface area (Å²) in [6.07, 6.45) is 1.51. The zero-order chi connectivity index (χ0) is 18.5. The van der Waals surface area contributed by atoms with Crippen LogP contribution in [0.3, 0.4) is 0 Å². The predicted octanol–water partition coefficient (Wildman–Crippen LogP) is 3.42. The molecule has 3 rings (SSSR count). The van der Waals surface area contributed by atoms with Gasteiger partial charge in [0.1, 0.15) is 29.5 Å². The topological polar surface area (TPSA) is 64.0 Å². The van der Waals surface area contributed by atoms with E-state index >= 15 is 0 Å². The normalized spacial score (nSPS) is 13.5. The summed E-state index contributed by atoms with van der Waals surface area (Å²) in [5.74, 6) is 2.03. The Hall–Kier alpha value is -3.17. The van der Waals surface area contributed by atoms with Crippen molar-refractivity contribution in [3.8, 4) is 23.3 Å². The predicted molar refractivity (Wildman–Crippen MR) is 98.5 cm³/mol. The third-order valence-electron chi connectivity index (χ3n) is 4.18. The van der Waals surface area contributed by atoms with Crippen LogP contribution >= 0.6 is 0 Å². The molecule has 26 heavy (non-hydrogen) atoms. The monoisotopic (exact) mass is 352 g/mol. The Balaban J connectivity index is 2.08. The minimum Gasteiger partial charge on any atom is -0.497 e. The minimum absolute atomic E-state index is 0.536. The Bertz CT molecular complexity index is 848. The highest BCUT2D eigenvalue weighted by atomic mass is 16.7. The summed E-state index contributed by atoms with van der Waals surface area (Å²) in [6, 6.07) is 13.4. The maximum Gasteiger partial charge on any atom is 0.145 e. The van der Waals surface area contributed by atoms with Crippen LogP contribution in [0, 0.1) is 11.3 Å². The van der Waals surface area contributed by atoms with E-state index in [4.69, 9.17) is 19.0 Å². The molecule has 0 fully saturated rings. The van der Waals surface area contributed by atoms with E-state index in [0.29, 0.717) is 30.4 Å². The van der Waals surface area contributed by atoms with Gasteiger partial charge in [0.25, 0.3) is 0 Å². The molecule has 0 unspecified atom stereocenters. The van der Waals surface area contributed by atoms with Crippen LogP contribution in [0.5, 0.6) is 17.2 Å². The van der Waals surface area contributed by atoms with Gasteiger partial charge in [0.15, 0.2) is 0 Å². The summed E-state index contributed by atoms with van der Waals surface area (Å²) < 4.78 is 16.5. The van der Waals surface area contributed by atoms with Crippen molar-refractivity contribution in [1.29, 1.82) is 5.26 Å². The van der Waals surface area contributed by atoms with E-state index in [9.17, 15) is 5.26 Å². The zero-order valence-electron chi connectivity index (χ0n) is 15.0. The fourth-order valence-electron chi connectivity index (χ4n) is 2.91. The largest absolute Gasteiger partial charge is 0.497 e. The van der Waals surface area contributed by atoms with Gasteiger partial charge in [-0.25, -0.2) is 5.06 Å². The SMILES string of the molecule is COc1cc(OC)cc(C(=CC#N)c2ccc3c(c2)OCCN3OC)c1. The van der Waals surface area contributed by atoms with Crippen LogP contribution in [0.2, 0.25) is 0 Å². The standard InChI is InChI=1S/C20H20N2O4/c1-23-16-10-15(11-17(13-16)24-2)18(6-7-21)14-4-5-19-20(12-14)26-9-8-22(19)25-3/h4-6,10-13H,8-9H2,1-3H3. The van der Waals surface area contributed by atoms with Crippen LogP contribution in [0.4, 0.5) is 5.69 Å².